The van der Waals surface area contributed by atoms with Gasteiger partial charge in [0.1, 0.15) is 25.0 Å². The van der Waals surface area contributed by atoms with Crippen LogP contribution in [0.1, 0.15) is 30.6 Å². The fraction of sp³-hybridized carbons (Fsp3) is 0.522. The average molecular weight is 628 g/mol. The topological polar surface area (TPSA) is 125 Å². The molecule has 2 rings (SSSR count). The molecule has 0 heterocycles. The number of methoxy groups -OCH3 is 1. The largest absolute Gasteiger partial charge is 0.493 e. The first-order chi connectivity index (χ1) is 16.8. The van der Waals surface area contributed by atoms with E-state index in [1.54, 1.807) is 0 Å². The van der Waals surface area contributed by atoms with Gasteiger partial charge in [0.15, 0.2) is 11.5 Å². The van der Waals surface area contributed by atoms with Crippen molar-refractivity contribution in [3.05, 3.63) is 32.9 Å². The molecule has 13 heteroatoms. The maximum absolute atomic E-state index is 13.4. The van der Waals surface area contributed by atoms with E-state index in [1.807, 2.05) is 22.6 Å². The van der Waals surface area contributed by atoms with Crippen LogP contribution in [0.15, 0.2) is 23.8 Å². The second-order valence-electron chi connectivity index (χ2n) is 8.40. The molecule has 0 fully saturated rings. The van der Waals surface area contributed by atoms with Crippen LogP contribution in [0.25, 0.3) is 0 Å². The molecule has 0 unspecified atom stereocenters. The van der Waals surface area contributed by atoms with Gasteiger partial charge in [0.25, 0.3) is 0 Å². The number of nitrogens with one attached hydrogen (secondary N) is 1. The summed E-state index contributed by atoms with van der Waals surface area (Å²) in [5.74, 6) is -2.12. The number of amides is 2. The Morgan fingerprint density at radius 3 is 2.53 bits per heavy atom. The Bertz CT molecular complexity index is 1000. The lowest BCUT2D eigenvalue weighted by molar-refractivity contribution is -0.174. The molecule has 1 aromatic carbocycles. The quantitative estimate of drug-likeness (QED) is 0.268. The molecule has 2 amide bonds. The molecule has 1 aliphatic rings. The zero-order chi connectivity index (χ0) is 27.2. The molecule has 200 valence electrons. The molecule has 3 N–H and O–H groups in total. The fourth-order valence-electron chi connectivity index (χ4n) is 3.72. The van der Waals surface area contributed by atoms with Gasteiger partial charge in [-0.15, -0.1) is 0 Å². The van der Waals surface area contributed by atoms with Crippen LogP contribution < -0.4 is 14.8 Å². The maximum Gasteiger partial charge on any atom is 0.406 e. The number of halogens is 4. The molecule has 9 nitrogen and oxygen atoms in total. The van der Waals surface area contributed by atoms with Gasteiger partial charge in [-0.1, -0.05) is 13.8 Å². The number of alkyl halides is 3. The van der Waals surface area contributed by atoms with Gasteiger partial charge < -0.3 is 29.9 Å². The van der Waals surface area contributed by atoms with E-state index in [1.165, 1.54) is 39.2 Å². The molecule has 0 saturated carbocycles. The first kappa shape index (κ1) is 29.8. The third kappa shape index (κ3) is 7.56. The summed E-state index contributed by atoms with van der Waals surface area (Å²) < 4.78 is 51.9. The molecule has 0 saturated heterocycles. The number of nitrogens with zero attached hydrogens (tertiary/aromatic N) is 1. The second kappa shape index (κ2) is 12.7. The summed E-state index contributed by atoms with van der Waals surface area (Å²) in [6, 6.07) is 1.42. The number of benzene rings is 1. The minimum Gasteiger partial charge on any atom is -0.493 e. The summed E-state index contributed by atoms with van der Waals surface area (Å²) in [6.07, 6.45) is -6.26. The lowest BCUT2D eigenvalue weighted by Crippen LogP contribution is -2.57. The van der Waals surface area contributed by atoms with Crippen molar-refractivity contribution in [3.63, 3.8) is 0 Å². The lowest BCUT2D eigenvalue weighted by atomic mass is 9.87. The SMILES string of the molecule is COc1cc(C=O)cc(I)c1O[C@H]1C=C(C(=O)NCCO)C[C@@H](N(CC(F)(F)F)C(=O)C(C)C)[C@@H]1O. The first-order valence-corrected chi connectivity index (χ1v) is 12.0. The zero-order valence-corrected chi connectivity index (χ0v) is 22.0. The van der Waals surface area contributed by atoms with Crippen molar-refractivity contribution in [2.24, 2.45) is 5.92 Å². The summed E-state index contributed by atoms with van der Waals surface area (Å²) in [4.78, 5) is 37.2. The Morgan fingerprint density at radius 2 is 2.00 bits per heavy atom. The third-order valence-corrected chi connectivity index (χ3v) is 6.18. The zero-order valence-electron chi connectivity index (χ0n) is 19.8. The van der Waals surface area contributed by atoms with E-state index in [9.17, 15) is 32.7 Å². The van der Waals surface area contributed by atoms with Gasteiger partial charge in [0.2, 0.25) is 11.8 Å². The summed E-state index contributed by atoms with van der Waals surface area (Å²) in [6.45, 7) is 0.766. The van der Waals surface area contributed by atoms with Gasteiger partial charge in [-0.05, 0) is 40.8 Å². The van der Waals surface area contributed by atoms with E-state index in [0.717, 1.165) is 0 Å². The number of hydrogen-bond donors (Lipinski definition) is 3. The van der Waals surface area contributed by atoms with Gasteiger partial charge in [0, 0.05) is 30.0 Å². The van der Waals surface area contributed by atoms with Crippen LogP contribution in [0, 0.1) is 9.49 Å². The predicted octanol–water partition coefficient (Wildman–Crippen LogP) is 2.07. The third-order valence-electron chi connectivity index (χ3n) is 5.38. The Morgan fingerprint density at radius 1 is 1.33 bits per heavy atom. The van der Waals surface area contributed by atoms with Crippen molar-refractivity contribution in [3.8, 4) is 11.5 Å². The standard InChI is InChI=1S/C23H28F3IN2O7/c1-12(2)22(34)29(11-23(24,25)26)16-8-14(21(33)28-4-5-30)9-17(19(16)32)36-20-15(27)6-13(10-31)7-18(20)35-3/h6-7,9-10,12,16-17,19,30,32H,4-5,8,11H2,1-3H3,(H,28,33)/t16-,17+,19+/m1/s1. The van der Waals surface area contributed by atoms with Crippen molar-refractivity contribution in [1.82, 2.24) is 10.2 Å². The number of aliphatic hydroxyl groups excluding tert-OH is 2. The molecular weight excluding hydrogens is 600 g/mol. The molecule has 0 aromatic heterocycles. The number of aliphatic hydroxyl groups is 2. The molecule has 1 aromatic rings. The normalized spacial score (nSPS) is 19.9. The number of carbonyl (C=O) groups is 3. The summed E-state index contributed by atoms with van der Waals surface area (Å²) in [5.41, 5.74) is 0.259. The van der Waals surface area contributed by atoms with E-state index < -0.39 is 48.7 Å². The molecule has 36 heavy (non-hydrogen) atoms. The average Bonchev–Trinajstić information content (AvgIpc) is 2.81. The predicted molar refractivity (Wildman–Crippen MR) is 131 cm³/mol. The van der Waals surface area contributed by atoms with E-state index >= 15 is 0 Å². The monoisotopic (exact) mass is 628 g/mol. The van der Waals surface area contributed by atoms with Crippen LogP contribution in [-0.2, 0) is 9.59 Å². The van der Waals surface area contributed by atoms with E-state index in [4.69, 9.17) is 14.6 Å². The van der Waals surface area contributed by atoms with Crippen LogP contribution in [-0.4, -0.2) is 84.4 Å². The second-order valence-corrected chi connectivity index (χ2v) is 9.57. The Kier molecular flexibility index (Phi) is 10.5. The van der Waals surface area contributed by atoms with Crippen LogP contribution >= 0.6 is 22.6 Å². The Labute approximate surface area is 219 Å². The number of hydrogen-bond acceptors (Lipinski definition) is 7. The van der Waals surface area contributed by atoms with E-state index in [0.29, 0.717) is 14.8 Å². The highest BCUT2D eigenvalue weighted by atomic mass is 127. The number of aldehydes is 1. The van der Waals surface area contributed by atoms with Crippen molar-refractivity contribution in [2.75, 3.05) is 26.8 Å². The molecule has 0 bridgehead atoms. The van der Waals surface area contributed by atoms with E-state index in [-0.39, 0.29) is 42.2 Å². The highest BCUT2D eigenvalue weighted by molar-refractivity contribution is 14.1. The van der Waals surface area contributed by atoms with Gasteiger partial charge in [-0.25, -0.2) is 0 Å². The summed E-state index contributed by atoms with van der Waals surface area (Å²) in [5, 5.41) is 22.6. The number of carbonyl (C=O) groups excluding carboxylic acids is 3. The minimum absolute atomic E-state index is 0.0223. The minimum atomic E-state index is -4.76. The Hall–Kier alpha value is -2.39. The molecule has 3 atom stereocenters. The van der Waals surface area contributed by atoms with Gasteiger partial charge >= 0.3 is 6.18 Å². The van der Waals surface area contributed by atoms with Crippen molar-refractivity contribution in [2.45, 2.75) is 44.7 Å². The fourth-order valence-corrected chi connectivity index (χ4v) is 4.47. The molecule has 1 aliphatic carbocycles. The molecule has 0 radical (unpaired) electrons. The van der Waals surface area contributed by atoms with E-state index in [2.05, 4.69) is 5.32 Å². The maximum atomic E-state index is 13.4. The molecular formula is C23H28F3IN2O7. The van der Waals surface area contributed by atoms with Crippen LogP contribution in [0.4, 0.5) is 13.2 Å². The van der Waals surface area contributed by atoms with Crippen molar-refractivity contribution < 1.29 is 47.2 Å². The van der Waals surface area contributed by atoms with Crippen LogP contribution in [0.5, 0.6) is 11.5 Å². The van der Waals surface area contributed by atoms with Gasteiger partial charge in [-0.3, -0.25) is 14.4 Å². The highest BCUT2D eigenvalue weighted by Crippen LogP contribution is 2.37. The first-order valence-electron chi connectivity index (χ1n) is 11.0. The van der Waals surface area contributed by atoms with Crippen LogP contribution in [0.3, 0.4) is 0 Å². The number of rotatable bonds is 10. The highest BCUT2D eigenvalue weighted by Gasteiger charge is 2.45. The molecule has 0 aliphatic heterocycles. The lowest BCUT2D eigenvalue weighted by Gasteiger charge is -2.41. The van der Waals surface area contributed by atoms with Crippen LogP contribution in [0.2, 0.25) is 0 Å². The van der Waals surface area contributed by atoms with Crippen molar-refractivity contribution in [1.29, 1.82) is 0 Å². The summed E-state index contributed by atoms with van der Waals surface area (Å²) in [7, 11) is 1.32. The van der Waals surface area contributed by atoms with Crippen molar-refractivity contribution >= 4 is 40.7 Å². The summed E-state index contributed by atoms with van der Waals surface area (Å²) >= 11 is 1.87. The van der Waals surface area contributed by atoms with Gasteiger partial charge in [-0.2, -0.15) is 13.2 Å². The Balaban J connectivity index is 2.56. The van der Waals surface area contributed by atoms with Gasteiger partial charge in [0.05, 0.1) is 23.3 Å². The molecule has 0 spiro atoms. The smallest absolute Gasteiger partial charge is 0.406 e. The number of ether oxygens (including phenoxy) is 2.